The molecule has 1 aliphatic heterocycles. The number of para-hydroxylation sites is 1. The molecule has 5 heteroatoms. The lowest BCUT2D eigenvalue weighted by atomic mass is 10.0. The molecule has 1 heterocycles. The highest BCUT2D eigenvalue weighted by Crippen LogP contribution is 2.27. The molecule has 3 rings (SSSR count). The van der Waals surface area contributed by atoms with Gasteiger partial charge in [-0.15, -0.1) is 0 Å². The monoisotopic (exact) mass is 337 g/mol. The van der Waals surface area contributed by atoms with Gasteiger partial charge in [-0.25, -0.2) is 0 Å². The molecule has 0 aromatic heterocycles. The van der Waals surface area contributed by atoms with Crippen LogP contribution in [0.2, 0.25) is 5.02 Å². The maximum Gasteiger partial charge on any atom is 0.270 e. The van der Waals surface area contributed by atoms with Crippen LogP contribution in [0.15, 0.2) is 60.3 Å². The molecule has 0 radical (unpaired) electrons. The van der Waals surface area contributed by atoms with Gasteiger partial charge in [-0.2, -0.15) is 5.26 Å². The zero-order valence-corrected chi connectivity index (χ0v) is 13.8. The van der Waals surface area contributed by atoms with Crippen molar-refractivity contribution in [3.05, 3.63) is 70.9 Å². The lowest BCUT2D eigenvalue weighted by Crippen LogP contribution is -2.36. The van der Waals surface area contributed by atoms with Gasteiger partial charge in [0.05, 0.1) is 0 Å². The van der Waals surface area contributed by atoms with Crippen LogP contribution >= 0.6 is 11.6 Å². The van der Waals surface area contributed by atoms with Crippen LogP contribution in [-0.4, -0.2) is 12.5 Å². The minimum absolute atomic E-state index is 0.0617. The molecular formula is C19H16ClN3O. The first kappa shape index (κ1) is 16.1. The van der Waals surface area contributed by atoms with Crippen molar-refractivity contribution in [2.45, 2.75) is 12.8 Å². The molecule has 1 N–H and O–H groups in total. The smallest absolute Gasteiger partial charge is 0.270 e. The molecule has 0 aliphatic carbocycles. The zero-order chi connectivity index (χ0) is 16.9. The Kier molecular flexibility index (Phi) is 4.83. The van der Waals surface area contributed by atoms with E-state index in [0.29, 0.717) is 11.6 Å². The van der Waals surface area contributed by atoms with E-state index >= 15 is 0 Å². The van der Waals surface area contributed by atoms with E-state index in [0.717, 1.165) is 29.8 Å². The van der Waals surface area contributed by atoms with Crippen molar-refractivity contribution in [3.63, 3.8) is 0 Å². The molecule has 1 aliphatic rings. The van der Waals surface area contributed by atoms with Crippen LogP contribution < -0.4 is 10.2 Å². The minimum atomic E-state index is -0.292. The fourth-order valence-electron chi connectivity index (χ4n) is 2.77. The van der Waals surface area contributed by atoms with E-state index in [1.54, 1.807) is 23.1 Å². The number of carbonyl (C=O) groups is 1. The number of nitrogens with zero attached hydrogens (tertiary/aromatic N) is 2. The fraction of sp³-hybridized carbons (Fsp3) is 0.158. The molecule has 0 saturated heterocycles. The average Bonchev–Trinajstić information content (AvgIpc) is 2.61. The molecule has 24 heavy (non-hydrogen) atoms. The van der Waals surface area contributed by atoms with Crippen LogP contribution in [0.4, 0.5) is 11.4 Å². The molecule has 1 amide bonds. The summed E-state index contributed by atoms with van der Waals surface area (Å²) in [7, 11) is 0. The first-order valence-corrected chi connectivity index (χ1v) is 8.09. The van der Waals surface area contributed by atoms with Crippen molar-refractivity contribution >= 4 is 28.9 Å². The Balaban J connectivity index is 1.83. The maximum absolute atomic E-state index is 12.7. The van der Waals surface area contributed by atoms with Crippen LogP contribution in [-0.2, 0) is 11.2 Å². The molecule has 0 fully saturated rings. The van der Waals surface area contributed by atoms with Crippen LogP contribution in [0.1, 0.15) is 12.0 Å². The first-order chi connectivity index (χ1) is 11.7. The molecule has 4 nitrogen and oxygen atoms in total. The number of hydrogen-bond donors (Lipinski definition) is 1. The Bertz CT molecular complexity index is 839. The van der Waals surface area contributed by atoms with E-state index in [1.807, 2.05) is 36.4 Å². The van der Waals surface area contributed by atoms with Gasteiger partial charge in [0.1, 0.15) is 11.6 Å². The molecule has 2 aromatic carbocycles. The number of halogens is 1. The van der Waals surface area contributed by atoms with Crippen LogP contribution in [0, 0.1) is 11.3 Å². The summed E-state index contributed by atoms with van der Waals surface area (Å²) in [5.74, 6) is -0.292. The molecule has 2 aromatic rings. The summed E-state index contributed by atoms with van der Waals surface area (Å²) in [6, 6.07) is 16.9. The predicted molar refractivity (Wildman–Crippen MR) is 95.9 cm³/mol. The van der Waals surface area contributed by atoms with Crippen LogP contribution in [0.3, 0.4) is 0 Å². The standard InChI is InChI=1S/C19H16ClN3O/c20-16-7-3-8-17(11-16)22-13-15(12-21)19(24)23-10-4-6-14-5-1-2-9-18(14)23/h1-3,5,7-9,11,13,22H,4,6,10H2/b15-13-. The van der Waals surface area contributed by atoms with Gasteiger partial charge in [0.15, 0.2) is 0 Å². The SMILES string of the molecule is N#C/C(=C/Nc1cccc(Cl)c1)C(=O)N1CCCc2ccccc21. The Morgan fingerprint density at radius 3 is 2.88 bits per heavy atom. The van der Waals surface area contributed by atoms with E-state index in [2.05, 4.69) is 5.32 Å². The Morgan fingerprint density at radius 2 is 2.08 bits per heavy atom. The van der Waals surface area contributed by atoms with E-state index in [-0.39, 0.29) is 11.5 Å². The number of benzene rings is 2. The van der Waals surface area contributed by atoms with Gasteiger partial charge in [0, 0.05) is 29.1 Å². The topological polar surface area (TPSA) is 56.1 Å². The summed E-state index contributed by atoms with van der Waals surface area (Å²) in [4.78, 5) is 14.4. The third-order valence-electron chi connectivity index (χ3n) is 3.91. The summed E-state index contributed by atoms with van der Waals surface area (Å²) < 4.78 is 0. The Morgan fingerprint density at radius 1 is 1.25 bits per heavy atom. The number of anilines is 2. The van der Waals surface area contributed by atoms with Crippen molar-refractivity contribution in [2.75, 3.05) is 16.8 Å². The van der Waals surface area contributed by atoms with Crippen molar-refractivity contribution in [1.29, 1.82) is 5.26 Å². The van der Waals surface area contributed by atoms with Crippen molar-refractivity contribution in [3.8, 4) is 6.07 Å². The molecule has 0 spiro atoms. The Hall–Kier alpha value is -2.77. The highest BCUT2D eigenvalue weighted by molar-refractivity contribution is 6.30. The number of nitriles is 1. The van der Waals surface area contributed by atoms with E-state index in [4.69, 9.17) is 11.6 Å². The van der Waals surface area contributed by atoms with Crippen LogP contribution in [0.25, 0.3) is 0 Å². The number of fused-ring (bicyclic) bond motifs is 1. The van der Waals surface area contributed by atoms with Gasteiger partial charge in [-0.05, 0) is 42.7 Å². The highest BCUT2D eigenvalue weighted by atomic mass is 35.5. The third kappa shape index (κ3) is 3.42. The van der Waals surface area contributed by atoms with Gasteiger partial charge >= 0.3 is 0 Å². The number of aryl methyl sites for hydroxylation is 1. The van der Waals surface area contributed by atoms with Gasteiger partial charge < -0.3 is 10.2 Å². The van der Waals surface area contributed by atoms with Crippen molar-refractivity contribution < 1.29 is 4.79 Å². The largest absolute Gasteiger partial charge is 0.360 e. The molecule has 120 valence electrons. The van der Waals surface area contributed by atoms with Crippen molar-refractivity contribution in [2.24, 2.45) is 0 Å². The molecule has 0 unspecified atom stereocenters. The van der Waals surface area contributed by atoms with Gasteiger partial charge in [-0.1, -0.05) is 35.9 Å². The molecule has 0 saturated carbocycles. The molecule has 0 bridgehead atoms. The maximum atomic E-state index is 12.7. The van der Waals surface area contributed by atoms with Crippen molar-refractivity contribution in [1.82, 2.24) is 0 Å². The normalized spacial score (nSPS) is 13.8. The second kappa shape index (κ2) is 7.20. The second-order valence-electron chi connectivity index (χ2n) is 5.51. The number of amides is 1. The lowest BCUT2D eigenvalue weighted by molar-refractivity contribution is -0.114. The molecule has 0 atom stereocenters. The van der Waals surface area contributed by atoms with E-state index < -0.39 is 0 Å². The predicted octanol–water partition coefficient (Wildman–Crippen LogP) is 4.14. The summed E-state index contributed by atoms with van der Waals surface area (Å²) in [5.41, 5.74) is 2.81. The van der Waals surface area contributed by atoms with E-state index in [9.17, 15) is 10.1 Å². The molecular weight excluding hydrogens is 322 g/mol. The zero-order valence-electron chi connectivity index (χ0n) is 13.0. The lowest BCUT2D eigenvalue weighted by Gasteiger charge is -2.29. The second-order valence-corrected chi connectivity index (χ2v) is 5.95. The van der Waals surface area contributed by atoms with Crippen LogP contribution in [0.5, 0.6) is 0 Å². The number of hydrogen-bond acceptors (Lipinski definition) is 3. The minimum Gasteiger partial charge on any atom is -0.360 e. The van der Waals surface area contributed by atoms with E-state index in [1.165, 1.54) is 6.20 Å². The Labute approximate surface area is 146 Å². The summed E-state index contributed by atoms with van der Waals surface area (Å²) in [6.45, 7) is 0.617. The fourth-order valence-corrected chi connectivity index (χ4v) is 2.96. The summed E-state index contributed by atoms with van der Waals surface area (Å²) >= 11 is 5.93. The summed E-state index contributed by atoms with van der Waals surface area (Å²) in [5, 5.41) is 12.9. The number of carbonyl (C=O) groups excluding carboxylic acids is 1. The third-order valence-corrected chi connectivity index (χ3v) is 4.15. The highest BCUT2D eigenvalue weighted by Gasteiger charge is 2.24. The first-order valence-electron chi connectivity index (χ1n) is 7.71. The van der Waals surface area contributed by atoms with Gasteiger partial charge in [0.25, 0.3) is 5.91 Å². The quantitative estimate of drug-likeness (QED) is 0.676. The summed E-state index contributed by atoms with van der Waals surface area (Å²) in [6.07, 6.45) is 3.28. The number of nitrogens with one attached hydrogen (secondary N) is 1. The van der Waals surface area contributed by atoms with Gasteiger partial charge in [-0.3, -0.25) is 4.79 Å². The van der Waals surface area contributed by atoms with Gasteiger partial charge in [0.2, 0.25) is 0 Å². The average molecular weight is 338 g/mol. The number of rotatable bonds is 3.